The van der Waals surface area contributed by atoms with Crippen LogP contribution in [0.5, 0.6) is 23.5 Å². The van der Waals surface area contributed by atoms with E-state index in [9.17, 15) is 30.8 Å². The lowest BCUT2D eigenvalue weighted by atomic mass is 10.6. The highest BCUT2D eigenvalue weighted by molar-refractivity contribution is 7.90. The summed E-state index contributed by atoms with van der Waals surface area (Å²) in [4.78, 5) is 24.3. The number of amides is 2. The molecule has 13 nitrogen and oxygen atoms in total. The van der Waals surface area contributed by atoms with Crippen molar-refractivity contribution in [1.82, 2.24) is 24.7 Å². The molecule has 2 aromatic heterocycles. The zero-order valence-electron chi connectivity index (χ0n) is 15.4. The number of ether oxygens (including phenoxy) is 4. The molecule has 0 fully saturated rings. The number of hydrogen-bond donors (Lipinski definition) is 2. The SMILES string of the molecule is COc1cc(OC)nc(NC(=O)NS(=O)(=O)c2c(OC(F)F)ncnc2OC(F)F)n1. The molecule has 2 N–H and O–H groups in total. The molecule has 0 spiro atoms. The van der Waals surface area contributed by atoms with Crippen LogP contribution >= 0.6 is 0 Å². The molecule has 2 aromatic rings. The Balaban J connectivity index is 2.36. The summed E-state index contributed by atoms with van der Waals surface area (Å²) < 4.78 is 94.1. The fourth-order valence-corrected chi connectivity index (χ4v) is 2.94. The van der Waals surface area contributed by atoms with E-state index in [1.165, 1.54) is 25.0 Å². The Hall–Kier alpha value is -3.70. The van der Waals surface area contributed by atoms with Gasteiger partial charge in [-0.25, -0.2) is 27.9 Å². The molecule has 0 radical (unpaired) electrons. The topological polar surface area (TPSA) is 164 Å². The third-order valence-corrected chi connectivity index (χ3v) is 4.30. The summed E-state index contributed by atoms with van der Waals surface area (Å²) >= 11 is 0. The average Bonchev–Trinajstić information content (AvgIpc) is 2.65. The number of methoxy groups -OCH3 is 2. The highest BCUT2D eigenvalue weighted by atomic mass is 32.2. The monoisotopic (exact) mass is 472 g/mol. The predicted molar refractivity (Wildman–Crippen MR) is 89.8 cm³/mol. The van der Waals surface area contributed by atoms with Gasteiger partial charge in [-0.2, -0.15) is 27.5 Å². The number of alkyl halides is 4. The molecule has 0 aliphatic rings. The van der Waals surface area contributed by atoms with Crippen LogP contribution in [-0.4, -0.2) is 61.8 Å². The first-order valence-electron chi connectivity index (χ1n) is 7.61. The maximum atomic E-state index is 12.6. The molecule has 0 aliphatic heterocycles. The van der Waals surface area contributed by atoms with Gasteiger partial charge in [0, 0.05) is 0 Å². The number of rotatable bonds is 9. The number of carbonyl (C=O) groups excluding carboxylic acids is 1. The van der Waals surface area contributed by atoms with Crippen LogP contribution in [0.3, 0.4) is 0 Å². The van der Waals surface area contributed by atoms with E-state index >= 15 is 0 Å². The number of hydrogen-bond acceptors (Lipinski definition) is 11. The highest BCUT2D eigenvalue weighted by Crippen LogP contribution is 2.31. The summed E-state index contributed by atoms with van der Waals surface area (Å²) in [5.74, 6) is -3.31. The van der Waals surface area contributed by atoms with Crippen LogP contribution in [0.1, 0.15) is 0 Å². The Morgan fingerprint density at radius 2 is 1.45 bits per heavy atom. The van der Waals surface area contributed by atoms with Gasteiger partial charge in [0.15, 0.2) is 0 Å². The van der Waals surface area contributed by atoms with Gasteiger partial charge in [0.05, 0.1) is 20.3 Å². The van der Waals surface area contributed by atoms with Crippen molar-refractivity contribution in [2.75, 3.05) is 19.5 Å². The van der Waals surface area contributed by atoms with E-state index in [-0.39, 0.29) is 11.8 Å². The van der Waals surface area contributed by atoms with Crippen molar-refractivity contribution in [1.29, 1.82) is 0 Å². The van der Waals surface area contributed by atoms with E-state index in [4.69, 9.17) is 9.47 Å². The molecule has 170 valence electrons. The number of carbonyl (C=O) groups is 1. The molecule has 0 saturated carbocycles. The standard InChI is InChI=1S/C13H12F4N6O7S/c1-27-5-3-6(28-2)21-12(20-5)22-13(24)23-31(25,26)7-8(29-10(14)15)18-4-19-9(7)30-11(16)17/h3-4,10-11H,1-2H3,(H2,20,21,22,23,24). The second-order valence-corrected chi connectivity index (χ2v) is 6.53. The first-order chi connectivity index (χ1) is 14.6. The molecule has 31 heavy (non-hydrogen) atoms. The molecule has 2 amide bonds. The van der Waals surface area contributed by atoms with Gasteiger partial charge in [-0.3, -0.25) is 5.32 Å². The third kappa shape index (κ3) is 6.39. The molecule has 0 bridgehead atoms. The number of nitrogens with one attached hydrogen (secondary N) is 2. The third-order valence-electron chi connectivity index (χ3n) is 2.96. The predicted octanol–water partition coefficient (Wildman–Crippen LogP) is 0.997. The van der Waals surface area contributed by atoms with E-state index in [0.717, 1.165) is 0 Å². The Morgan fingerprint density at radius 3 is 1.87 bits per heavy atom. The van der Waals surface area contributed by atoms with Crippen molar-refractivity contribution >= 4 is 22.0 Å². The smallest absolute Gasteiger partial charge is 0.388 e. The molecular formula is C13H12F4N6O7S. The van der Waals surface area contributed by atoms with Crippen molar-refractivity contribution in [3.05, 3.63) is 12.4 Å². The Bertz CT molecular complexity index is 993. The Labute approximate surface area is 170 Å². The average molecular weight is 472 g/mol. The van der Waals surface area contributed by atoms with Crippen molar-refractivity contribution in [2.45, 2.75) is 18.1 Å². The summed E-state index contributed by atoms with van der Waals surface area (Å²) in [7, 11) is -2.71. The summed E-state index contributed by atoms with van der Waals surface area (Å²) in [5, 5.41) is 1.91. The maximum Gasteiger partial charge on any atom is 0.388 e. The van der Waals surface area contributed by atoms with E-state index in [1.54, 1.807) is 0 Å². The molecule has 0 saturated heterocycles. The molecule has 0 atom stereocenters. The van der Waals surface area contributed by atoms with Gasteiger partial charge < -0.3 is 18.9 Å². The lowest BCUT2D eigenvalue weighted by molar-refractivity contribution is -0.0622. The van der Waals surface area contributed by atoms with Crippen LogP contribution in [0, 0.1) is 0 Å². The highest BCUT2D eigenvalue weighted by Gasteiger charge is 2.32. The second kappa shape index (κ2) is 9.87. The van der Waals surface area contributed by atoms with Gasteiger partial charge in [0.2, 0.25) is 34.4 Å². The summed E-state index contributed by atoms with van der Waals surface area (Å²) in [5.41, 5.74) is 0. The number of nitrogens with zero attached hydrogens (tertiary/aromatic N) is 4. The van der Waals surface area contributed by atoms with Gasteiger partial charge in [-0.05, 0) is 0 Å². The lowest BCUT2D eigenvalue weighted by Crippen LogP contribution is -2.35. The van der Waals surface area contributed by atoms with Gasteiger partial charge >= 0.3 is 19.3 Å². The van der Waals surface area contributed by atoms with E-state index in [1.807, 2.05) is 5.32 Å². The van der Waals surface area contributed by atoms with E-state index in [2.05, 4.69) is 29.4 Å². The lowest BCUT2D eigenvalue weighted by Gasteiger charge is -2.14. The number of halogens is 4. The minimum absolute atomic E-state index is 0.0679. The Morgan fingerprint density at radius 1 is 0.968 bits per heavy atom. The summed E-state index contributed by atoms with van der Waals surface area (Å²) in [6.07, 6.45) is 0.435. The summed E-state index contributed by atoms with van der Waals surface area (Å²) in [6.45, 7) is -7.18. The van der Waals surface area contributed by atoms with Crippen LogP contribution in [0.4, 0.5) is 28.3 Å². The molecular weight excluding hydrogens is 460 g/mol. The van der Waals surface area contributed by atoms with E-state index < -0.39 is 51.9 Å². The van der Waals surface area contributed by atoms with Crippen LogP contribution in [0.25, 0.3) is 0 Å². The largest absolute Gasteiger partial charge is 0.481 e. The van der Waals surface area contributed by atoms with Gasteiger partial charge in [-0.1, -0.05) is 0 Å². The zero-order chi connectivity index (χ0) is 23.2. The number of aromatic nitrogens is 4. The quantitative estimate of drug-likeness (QED) is 0.500. The van der Waals surface area contributed by atoms with E-state index in [0.29, 0.717) is 6.33 Å². The fourth-order valence-electron chi connectivity index (χ4n) is 1.88. The van der Waals surface area contributed by atoms with Crippen LogP contribution in [-0.2, 0) is 10.0 Å². The van der Waals surface area contributed by atoms with Crippen LogP contribution < -0.4 is 29.0 Å². The minimum Gasteiger partial charge on any atom is -0.481 e. The van der Waals surface area contributed by atoms with Gasteiger partial charge in [0.25, 0.3) is 10.0 Å². The summed E-state index contributed by atoms with van der Waals surface area (Å²) in [6, 6.07) is -0.284. The van der Waals surface area contributed by atoms with Crippen molar-refractivity contribution in [3.8, 4) is 23.5 Å². The van der Waals surface area contributed by atoms with Gasteiger partial charge in [0.1, 0.15) is 6.33 Å². The number of anilines is 1. The second-order valence-electron chi connectivity index (χ2n) is 4.91. The number of sulfonamides is 1. The maximum absolute atomic E-state index is 12.6. The van der Waals surface area contributed by atoms with Crippen molar-refractivity contribution in [2.24, 2.45) is 0 Å². The molecule has 0 aromatic carbocycles. The van der Waals surface area contributed by atoms with Crippen molar-refractivity contribution < 1.29 is 49.7 Å². The zero-order valence-corrected chi connectivity index (χ0v) is 16.2. The minimum atomic E-state index is -5.19. The first kappa shape index (κ1) is 23.6. The normalized spacial score (nSPS) is 11.2. The fraction of sp³-hybridized carbons (Fsp3) is 0.308. The molecule has 2 heterocycles. The molecule has 18 heteroatoms. The van der Waals surface area contributed by atoms with Crippen LogP contribution in [0.2, 0.25) is 0 Å². The first-order valence-corrected chi connectivity index (χ1v) is 9.09. The van der Waals surface area contributed by atoms with Crippen LogP contribution in [0.15, 0.2) is 17.3 Å². The number of urea groups is 1. The Kier molecular flexibility index (Phi) is 7.51. The molecule has 0 unspecified atom stereocenters. The molecule has 0 aliphatic carbocycles. The van der Waals surface area contributed by atoms with Crippen molar-refractivity contribution in [3.63, 3.8) is 0 Å². The van der Waals surface area contributed by atoms with Gasteiger partial charge in [-0.15, -0.1) is 0 Å². The molecule has 2 rings (SSSR count).